The second-order valence-electron chi connectivity index (χ2n) is 6.30. The lowest BCUT2D eigenvalue weighted by atomic mass is 10.1. The molecule has 2 heterocycles. The van der Waals surface area contributed by atoms with Crippen molar-refractivity contribution < 1.29 is 9.53 Å². The molecule has 0 bridgehead atoms. The normalized spacial score (nSPS) is 18.1. The van der Waals surface area contributed by atoms with Crippen molar-refractivity contribution in [1.29, 1.82) is 0 Å². The summed E-state index contributed by atoms with van der Waals surface area (Å²) in [5, 5.41) is 1.07. The number of carbonyl (C=O) groups excluding carboxylic acids is 1. The van der Waals surface area contributed by atoms with Crippen LogP contribution in [0.25, 0.3) is 10.9 Å². The predicted molar refractivity (Wildman–Crippen MR) is 86.8 cm³/mol. The first-order chi connectivity index (χ1) is 10.6. The number of carbonyl (C=O) groups is 1. The molecular formula is C18H22N2O2. The van der Waals surface area contributed by atoms with E-state index in [-0.39, 0.29) is 12.0 Å². The van der Waals surface area contributed by atoms with E-state index in [0.29, 0.717) is 18.9 Å². The summed E-state index contributed by atoms with van der Waals surface area (Å²) in [4.78, 5) is 18.5. The molecule has 2 aromatic rings. The molecule has 1 aliphatic rings. The number of benzene rings is 1. The van der Waals surface area contributed by atoms with E-state index in [9.17, 15) is 4.79 Å². The first-order valence-electron chi connectivity index (χ1n) is 7.91. The van der Waals surface area contributed by atoms with E-state index in [2.05, 4.69) is 18.8 Å². The summed E-state index contributed by atoms with van der Waals surface area (Å²) in [6.45, 7) is 5.61. The van der Waals surface area contributed by atoms with Crippen LogP contribution in [0.3, 0.4) is 0 Å². The molecule has 0 spiro atoms. The lowest BCUT2D eigenvalue weighted by molar-refractivity contribution is -0.131. The third kappa shape index (κ3) is 3.21. The highest BCUT2D eigenvalue weighted by Gasteiger charge is 2.28. The highest BCUT2D eigenvalue weighted by molar-refractivity contribution is 5.84. The van der Waals surface area contributed by atoms with Gasteiger partial charge in [0.25, 0.3) is 0 Å². The number of ether oxygens (including phenoxy) is 1. The van der Waals surface area contributed by atoms with Gasteiger partial charge in [-0.15, -0.1) is 0 Å². The number of likely N-dealkylation sites (tertiary alicyclic amines) is 1. The molecule has 0 aliphatic carbocycles. The van der Waals surface area contributed by atoms with Crippen LogP contribution in [-0.4, -0.2) is 35.0 Å². The summed E-state index contributed by atoms with van der Waals surface area (Å²) >= 11 is 0. The lowest BCUT2D eigenvalue weighted by Gasteiger charge is -2.18. The van der Waals surface area contributed by atoms with Crippen molar-refractivity contribution in [1.82, 2.24) is 9.88 Å². The standard InChI is InChI=1S/C18H22N2O2/c1-13(2)11-17(21)20-10-8-15(12-20)22-16-7-3-5-14-6-4-9-19-18(14)16/h3-7,9,13,15H,8,10-12H2,1-2H3. The van der Waals surface area contributed by atoms with Crippen LogP contribution < -0.4 is 4.74 Å². The zero-order valence-corrected chi connectivity index (χ0v) is 13.2. The maximum Gasteiger partial charge on any atom is 0.222 e. The Bertz CT molecular complexity index is 664. The smallest absolute Gasteiger partial charge is 0.222 e. The predicted octanol–water partition coefficient (Wildman–Crippen LogP) is 3.26. The number of pyridine rings is 1. The van der Waals surface area contributed by atoms with Gasteiger partial charge in [-0.3, -0.25) is 9.78 Å². The van der Waals surface area contributed by atoms with Crippen molar-refractivity contribution in [3.05, 3.63) is 36.5 Å². The van der Waals surface area contributed by atoms with Crippen molar-refractivity contribution >= 4 is 16.8 Å². The molecule has 22 heavy (non-hydrogen) atoms. The van der Waals surface area contributed by atoms with Gasteiger partial charge >= 0.3 is 0 Å². The third-order valence-corrected chi connectivity index (χ3v) is 3.97. The summed E-state index contributed by atoms with van der Waals surface area (Å²) in [5.74, 6) is 1.44. The molecule has 0 N–H and O–H groups in total. The average Bonchev–Trinajstić information content (AvgIpc) is 2.96. The Hall–Kier alpha value is -2.10. The molecule has 1 aromatic heterocycles. The van der Waals surface area contributed by atoms with E-state index in [0.717, 1.165) is 29.6 Å². The largest absolute Gasteiger partial charge is 0.486 e. The summed E-state index contributed by atoms with van der Waals surface area (Å²) in [7, 11) is 0. The molecule has 1 saturated heterocycles. The van der Waals surface area contributed by atoms with E-state index in [1.54, 1.807) is 6.20 Å². The van der Waals surface area contributed by atoms with Crippen LogP contribution in [0.15, 0.2) is 36.5 Å². The molecular weight excluding hydrogens is 276 g/mol. The number of aromatic nitrogens is 1. The van der Waals surface area contributed by atoms with Crippen LogP contribution in [0.4, 0.5) is 0 Å². The molecule has 116 valence electrons. The molecule has 1 unspecified atom stereocenters. The monoisotopic (exact) mass is 298 g/mol. The minimum atomic E-state index is 0.0590. The van der Waals surface area contributed by atoms with Gasteiger partial charge in [-0.05, 0) is 18.1 Å². The zero-order valence-electron chi connectivity index (χ0n) is 13.2. The molecule has 1 aliphatic heterocycles. The van der Waals surface area contributed by atoms with Crippen LogP contribution in [0, 0.1) is 5.92 Å². The van der Waals surface area contributed by atoms with Gasteiger partial charge < -0.3 is 9.64 Å². The lowest BCUT2D eigenvalue weighted by Crippen LogP contribution is -2.31. The SMILES string of the molecule is CC(C)CC(=O)N1CCC(Oc2cccc3cccnc23)C1. The third-order valence-electron chi connectivity index (χ3n) is 3.97. The van der Waals surface area contributed by atoms with Gasteiger partial charge in [-0.25, -0.2) is 0 Å². The van der Waals surface area contributed by atoms with Crippen molar-refractivity contribution in [2.24, 2.45) is 5.92 Å². The Morgan fingerprint density at radius 1 is 1.36 bits per heavy atom. The van der Waals surface area contributed by atoms with E-state index >= 15 is 0 Å². The fraction of sp³-hybridized carbons (Fsp3) is 0.444. The maximum atomic E-state index is 12.1. The van der Waals surface area contributed by atoms with Gasteiger partial charge in [0.15, 0.2) is 0 Å². The molecule has 4 nitrogen and oxygen atoms in total. The van der Waals surface area contributed by atoms with Crippen molar-refractivity contribution in [3.8, 4) is 5.75 Å². The summed E-state index contributed by atoms with van der Waals surface area (Å²) < 4.78 is 6.12. The zero-order chi connectivity index (χ0) is 15.5. The van der Waals surface area contributed by atoms with Crippen LogP contribution in [0.1, 0.15) is 26.7 Å². The van der Waals surface area contributed by atoms with Gasteiger partial charge in [-0.1, -0.05) is 32.0 Å². The molecule has 1 fully saturated rings. The number of fused-ring (bicyclic) bond motifs is 1. The molecule has 1 aromatic carbocycles. The Morgan fingerprint density at radius 3 is 3.00 bits per heavy atom. The van der Waals surface area contributed by atoms with Gasteiger partial charge in [0.05, 0.1) is 6.54 Å². The highest BCUT2D eigenvalue weighted by atomic mass is 16.5. The molecule has 3 rings (SSSR count). The highest BCUT2D eigenvalue weighted by Crippen LogP contribution is 2.26. The van der Waals surface area contributed by atoms with Crippen LogP contribution in [-0.2, 0) is 4.79 Å². The number of hydrogen-bond donors (Lipinski definition) is 0. The van der Waals surface area contributed by atoms with Crippen LogP contribution >= 0.6 is 0 Å². The van der Waals surface area contributed by atoms with Gasteiger partial charge in [0.2, 0.25) is 5.91 Å². The minimum Gasteiger partial charge on any atom is -0.486 e. The van der Waals surface area contributed by atoms with Crippen molar-refractivity contribution in [3.63, 3.8) is 0 Å². The molecule has 0 saturated carbocycles. The van der Waals surface area contributed by atoms with Crippen LogP contribution in [0.5, 0.6) is 5.75 Å². The summed E-state index contributed by atoms with van der Waals surface area (Å²) in [6, 6.07) is 9.92. The quantitative estimate of drug-likeness (QED) is 0.870. The Morgan fingerprint density at radius 2 is 2.18 bits per heavy atom. The Balaban J connectivity index is 1.68. The number of rotatable bonds is 4. The number of para-hydroxylation sites is 1. The minimum absolute atomic E-state index is 0.0590. The van der Waals surface area contributed by atoms with E-state index in [1.807, 2.05) is 35.2 Å². The Labute approximate surface area is 131 Å². The van der Waals surface area contributed by atoms with Gasteiger partial charge in [0, 0.05) is 31.0 Å². The summed E-state index contributed by atoms with van der Waals surface area (Å²) in [5.41, 5.74) is 0.886. The molecule has 1 atom stereocenters. The van der Waals surface area contributed by atoms with Gasteiger partial charge in [0.1, 0.15) is 17.4 Å². The van der Waals surface area contributed by atoms with Crippen LogP contribution in [0.2, 0.25) is 0 Å². The van der Waals surface area contributed by atoms with E-state index in [4.69, 9.17) is 4.74 Å². The molecule has 4 heteroatoms. The van der Waals surface area contributed by atoms with Crippen molar-refractivity contribution in [2.75, 3.05) is 13.1 Å². The number of nitrogens with zero attached hydrogens (tertiary/aromatic N) is 2. The fourth-order valence-corrected chi connectivity index (χ4v) is 2.88. The number of hydrogen-bond acceptors (Lipinski definition) is 3. The second-order valence-corrected chi connectivity index (χ2v) is 6.30. The van der Waals surface area contributed by atoms with Crippen molar-refractivity contribution in [2.45, 2.75) is 32.8 Å². The maximum absolute atomic E-state index is 12.1. The Kier molecular flexibility index (Phi) is 4.27. The molecule has 0 radical (unpaired) electrons. The first-order valence-corrected chi connectivity index (χ1v) is 7.91. The topological polar surface area (TPSA) is 42.4 Å². The molecule has 1 amide bonds. The summed E-state index contributed by atoms with van der Waals surface area (Å²) in [6.07, 6.45) is 3.33. The van der Waals surface area contributed by atoms with E-state index in [1.165, 1.54) is 0 Å². The average molecular weight is 298 g/mol. The first kappa shape index (κ1) is 14.8. The second kappa shape index (κ2) is 6.34. The fourth-order valence-electron chi connectivity index (χ4n) is 2.88. The van der Waals surface area contributed by atoms with Gasteiger partial charge in [-0.2, -0.15) is 0 Å². The van der Waals surface area contributed by atoms with E-state index < -0.39 is 0 Å². The number of amides is 1.